The van der Waals surface area contributed by atoms with Gasteiger partial charge in [-0.15, -0.1) is 11.8 Å². The van der Waals surface area contributed by atoms with Crippen molar-refractivity contribution in [3.8, 4) is 0 Å². The first-order chi connectivity index (χ1) is 10.0. The largest absolute Gasteiger partial charge is 0.394 e. The highest BCUT2D eigenvalue weighted by molar-refractivity contribution is 7.99. The molecule has 2 atom stereocenters. The van der Waals surface area contributed by atoms with Crippen molar-refractivity contribution < 1.29 is 15.0 Å². The van der Waals surface area contributed by atoms with Gasteiger partial charge in [0.25, 0.3) is 0 Å². The van der Waals surface area contributed by atoms with Gasteiger partial charge in [0.2, 0.25) is 0 Å². The molecule has 2 amide bonds. The van der Waals surface area contributed by atoms with Gasteiger partial charge in [-0.25, -0.2) is 4.79 Å². The lowest BCUT2D eigenvalue weighted by molar-refractivity contribution is 0.164. The van der Waals surface area contributed by atoms with Crippen molar-refractivity contribution in [2.75, 3.05) is 24.2 Å². The van der Waals surface area contributed by atoms with Gasteiger partial charge < -0.3 is 20.4 Å². The highest BCUT2D eigenvalue weighted by Crippen LogP contribution is 2.30. The molecule has 0 radical (unpaired) electrons. The van der Waals surface area contributed by atoms with E-state index in [4.69, 9.17) is 11.6 Å². The standard InChI is InChI=1S/C14H19ClN2O3S/c1-2-21-13-4-3-9(15)5-12(13)16-14(20)17-7-11(19)6-10(17)8-18/h3-5,10-11,18-19H,2,6-8H2,1H3,(H,16,20). The van der Waals surface area contributed by atoms with E-state index in [1.54, 1.807) is 23.9 Å². The summed E-state index contributed by atoms with van der Waals surface area (Å²) in [7, 11) is 0. The van der Waals surface area contributed by atoms with E-state index in [0.717, 1.165) is 10.6 Å². The zero-order chi connectivity index (χ0) is 15.4. The predicted octanol–water partition coefficient (Wildman–Crippen LogP) is 2.41. The number of amides is 2. The third kappa shape index (κ3) is 4.03. The zero-order valence-corrected chi connectivity index (χ0v) is 13.3. The molecule has 1 heterocycles. The summed E-state index contributed by atoms with van der Waals surface area (Å²) in [6.07, 6.45) is -0.188. The lowest BCUT2D eigenvalue weighted by Crippen LogP contribution is -2.40. The Kier molecular flexibility index (Phi) is 5.75. The van der Waals surface area contributed by atoms with Crippen LogP contribution in [0, 0.1) is 0 Å². The van der Waals surface area contributed by atoms with Crippen molar-refractivity contribution in [3.05, 3.63) is 23.2 Å². The minimum absolute atomic E-state index is 0.156. The number of aliphatic hydroxyl groups is 2. The Labute approximate surface area is 133 Å². The molecule has 2 unspecified atom stereocenters. The van der Waals surface area contributed by atoms with Crippen molar-refractivity contribution in [1.82, 2.24) is 4.90 Å². The van der Waals surface area contributed by atoms with Crippen LogP contribution in [0.25, 0.3) is 0 Å². The maximum Gasteiger partial charge on any atom is 0.322 e. The Balaban J connectivity index is 2.13. The van der Waals surface area contributed by atoms with E-state index in [-0.39, 0.29) is 25.2 Å². The zero-order valence-electron chi connectivity index (χ0n) is 11.8. The number of aliphatic hydroxyl groups excluding tert-OH is 2. The number of likely N-dealkylation sites (tertiary alicyclic amines) is 1. The normalized spacial score (nSPS) is 21.6. The van der Waals surface area contributed by atoms with Gasteiger partial charge in [-0.3, -0.25) is 0 Å². The summed E-state index contributed by atoms with van der Waals surface area (Å²) in [5, 5.41) is 22.3. The van der Waals surface area contributed by atoms with Crippen LogP contribution in [-0.2, 0) is 0 Å². The van der Waals surface area contributed by atoms with Gasteiger partial charge in [-0.1, -0.05) is 18.5 Å². The van der Waals surface area contributed by atoms with E-state index in [9.17, 15) is 15.0 Å². The molecule has 0 spiro atoms. The molecule has 0 bridgehead atoms. The minimum Gasteiger partial charge on any atom is -0.394 e. The minimum atomic E-state index is -0.586. The first-order valence-electron chi connectivity index (χ1n) is 6.84. The number of hydrogen-bond acceptors (Lipinski definition) is 4. The monoisotopic (exact) mass is 330 g/mol. The Morgan fingerprint density at radius 2 is 2.33 bits per heavy atom. The molecule has 1 aliphatic rings. The van der Waals surface area contributed by atoms with Crippen LogP contribution in [0.3, 0.4) is 0 Å². The molecule has 2 rings (SSSR count). The molecular formula is C14H19ClN2O3S. The SMILES string of the molecule is CCSc1ccc(Cl)cc1NC(=O)N1CC(O)CC1CO. The summed E-state index contributed by atoms with van der Waals surface area (Å²) in [6, 6.07) is 4.69. The molecule has 116 valence electrons. The van der Waals surface area contributed by atoms with E-state index < -0.39 is 6.10 Å². The molecule has 5 nitrogen and oxygen atoms in total. The number of carbonyl (C=O) groups excluding carboxylic acids is 1. The van der Waals surface area contributed by atoms with Gasteiger partial charge in [-0.2, -0.15) is 0 Å². The molecule has 1 aromatic rings. The van der Waals surface area contributed by atoms with Crippen molar-refractivity contribution in [2.45, 2.75) is 30.4 Å². The highest BCUT2D eigenvalue weighted by atomic mass is 35.5. The van der Waals surface area contributed by atoms with Crippen LogP contribution in [0.5, 0.6) is 0 Å². The number of β-amino-alcohol motifs (C(OH)–C–C–N with tert-alkyl or cyclic N) is 1. The summed E-state index contributed by atoms with van der Waals surface area (Å²) < 4.78 is 0. The lowest BCUT2D eigenvalue weighted by Gasteiger charge is -2.23. The number of hydrogen-bond donors (Lipinski definition) is 3. The second kappa shape index (κ2) is 7.35. The van der Waals surface area contributed by atoms with Crippen LogP contribution in [-0.4, -0.2) is 52.2 Å². The number of halogens is 1. The quantitative estimate of drug-likeness (QED) is 0.741. The summed E-state index contributed by atoms with van der Waals surface area (Å²) >= 11 is 7.60. The number of nitrogens with one attached hydrogen (secondary N) is 1. The highest BCUT2D eigenvalue weighted by Gasteiger charge is 2.34. The van der Waals surface area contributed by atoms with Crippen LogP contribution in [0.1, 0.15) is 13.3 Å². The average molecular weight is 331 g/mol. The maximum absolute atomic E-state index is 12.3. The van der Waals surface area contributed by atoms with Crippen LogP contribution in [0.2, 0.25) is 5.02 Å². The molecule has 7 heteroatoms. The Morgan fingerprint density at radius 1 is 1.57 bits per heavy atom. The summed E-state index contributed by atoms with van der Waals surface area (Å²) in [6.45, 7) is 2.11. The Bertz CT molecular complexity index is 515. The van der Waals surface area contributed by atoms with Crippen molar-refractivity contribution in [1.29, 1.82) is 0 Å². The molecule has 1 fully saturated rings. The number of carbonyl (C=O) groups is 1. The second-order valence-electron chi connectivity index (χ2n) is 4.88. The van der Waals surface area contributed by atoms with Gasteiger partial charge in [0.05, 0.1) is 24.4 Å². The van der Waals surface area contributed by atoms with E-state index >= 15 is 0 Å². The average Bonchev–Trinajstić information content (AvgIpc) is 2.83. The third-order valence-electron chi connectivity index (χ3n) is 3.35. The number of urea groups is 1. The molecule has 3 N–H and O–H groups in total. The molecule has 1 saturated heterocycles. The number of anilines is 1. The number of thioether (sulfide) groups is 1. The molecule has 0 aliphatic carbocycles. The number of nitrogens with zero attached hydrogens (tertiary/aromatic N) is 1. The maximum atomic E-state index is 12.3. The van der Waals surface area contributed by atoms with Crippen molar-refractivity contribution >= 4 is 35.1 Å². The van der Waals surface area contributed by atoms with Gasteiger partial charge in [0.15, 0.2) is 0 Å². The van der Waals surface area contributed by atoms with Gasteiger partial charge in [-0.05, 0) is 30.4 Å². The Morgan fingerprint density at radius 3 is 3.00 bits per heavy atom. The van der Waals surface area contributed by atoms with Gasteiger partial charge in [0.1, 0.15) is 0 Å². The summed E-state index contributed by atoms with van der Waals surface area (Å²) in [5.41, 5.74) is 0.650. The third-order valence-corrected chi connectivity index (χ3v) is 4.54. The Hall–Kier alpha value is -0.950. The molecule has 1 aliphatic heterocycles. The van der Waals surface area contributed by atoms with Crippen LogP contribution in [0.4, 0.5) is 10.5 Å². The van der Waals surface area contributed by atoms with Gasteiger partial charge in [0, 0.05) is 16.5 Å². The predicted molar refractivity (Wildman–Crippen MR) is 85.1 cm³/mol. The summed E-state index contributed by atoms with van der Waals surface area (Å²) in [4.78, 5) is 14.7. The van der Waals surface area contributed by atoms with Crippen LogP contribution >= 0.6 is 23.4 Å². The number of benzene rings is 1. The van der Waals surface area contributed by atoms with E-state index in [1.807, 2.05) is 13.0 Å². The van der Waals surface area contributed by atoms with Gasteiger partial charge >= 0.3 is 6.03 Å². The molecule has 21 heavy (non-hydrogen) atoms. The van der Waals surface area contributed by atoms with E-state index in [0.29, 0.717) is 17.1 Å². The van der Waals surface area contributed by atoms with E-state index in [1.165, 1.54) is 4.90 Å². The second-order valence-corrected chi connectivity index (χ2v) is 6.62. The van der Waals surface area contributed by atoms with Crippen molar-refractivity contribution in [3.63, 3.8) is 0 Å². The first kappa shape index (κ1) is 16.4. The smallest absolute Gasteiger partial charge is 0.322 e. The fourth-order valence-electron chi connectivity index (χ4n) is 2.38. The topological polar surface area (TPSA) is 72.8 Å². The van der Waals surface area contributed by atoms with Crippen LogP contribution in [0.15, 0.2) is 23.1 Å². The summed E-state index contributed by atoms with van der Waals surface area (Å²) in [5.74, 6) is 0.881. The lowest BCUT2D eigenvalue weighted by atomic mass is 10.2. The fourth-order valence-corrected chi connectivity index (χ4v) is 3.29. The van der Waals surface area contributed by atoms with Crippen LogP contribution < -0.4 is 5.32 Å². The molecule has 0 saturated carbocycles. The fraction of sp³-hybridized carbons (Fsp3) is 0.500. The first-order valence-corrected chi connectivity index (χ1v) is 8.20. The number of rotatable bonds is 4. The molecule has 1 aromatic carbocycles. The van der Waals surface area contributed by atoms with Crippen molar-refractivity contribution in [2.24, 2.45) is 0 Å². The molecule has 0 aromatic heterocycles. The van der Waals surface area contributed by atoms with E-state index in [2.05, 4.69) is 5.32 Å². The molecular weight excluding hydrogens is 312 g/mol.